The Morgan fingerprint density at radius 3 is 2.71 bits per heavy atom. The van der Waals surface area contributed by atoms with E-state index in [0.29, 0.717) is 6.07 Å². The standard InChI is InChI=1S/C13H11F3N2O3/c14-13(15,16)10-6-7(3-4-17-10)9(19)5-8-1-2-11(20)18-12(8)21/h3-4,6,8H,1-2,5H2,(H,18,20,21). The maximum absolute atomic E-state index is 12.5. The Bertz CT molecular complexity index is 599. The first-order valence-corrected chi connectivity index (χ1v) is 6.17. The average molecular weight is 300 g/mol. The maximum atomic E-state index is 12.5. The highest BCUT2D eigenvalue weighted by Gasteiger charge is 2.33. The van der Waals surface area contributed by atoms with Gasteiger partial charge in [-0.15, -0.1) is 0 Å². The molecule has 2 rings (SSSR count). The predicted molar refractivity (Wildman–Crippen MR) is 64.1 cm³/mol. The van der Waals surface area contributed by atoms with Crippen molar-refractivity contribution >= 4 is 17.6 Å². The lowest BCUT2D eigenvalue weighted by Crippen LogP contribution is -2.41. The van der Waals surface area contributed by atoms with E-state index in [1.807, 2.05) is 0 Å². The molecule has 2 amide bonds. The molecule has 0 aliphatic carbocycles. The molecule has 0 saturated carbocycles. The predicted octanol–water partition coefficient (Wildman–Crippen LogP) is 1.73. The summed E-state index contributed by atoms with van der Waals surface area (Å²) in [6, 6.07) is 1.83. The third-order valence-electron chi connectivity index (χ3n) is 3.16. The minimum atomic E-state index is -4.63. The number of piperidine rings is 1. The highest BCUT2D eigenvalue weighted by molar-refractivity contribution is 6.03. The van der Waals surface area contributed by atoms with Crippen LogP contribution in [0.25, 0.3) is 0 Å². The highest BCUT2D eigenvalue weighted by atomic mass is 19.4. The Kier molecular flexibility index (Phi) is 4.06. The van der Waals surface area contributed by atoms with E-state index >= 15 is 0 Å². The molecule has 1 saturated heterocycles. The minimum absolute atomic E-state index is 0.119. The van der Waals surface area contributed by atoms with Crippen molar-refractivity contribution in [3.63, 3.8) is 0 Å². The molecule has 1 N–H and O–H groups in total. The summed E-state index contributed by atoms with van der Waals surface area (Å²) >= 11 is 0. The fraction of sp³-hybridized carbons (Fsp3) is 0.385. The SMILES string of the molecule is O=C1CCC(CC(=O)c2ccnc(C(F)(F)F)c2)C(=O)N1. The zero-order valence-corrected chi connectivity index (χ0v) is 10.7. The first-order chi connectivity index (χ1) is 9.77. The molecule has 0 spiro atoms. The van der Waals surface area contributed by atoms with Gasteiger partial charge in [0, 0.05) is 30.5 Å². The summed E-state index contributed by atoms with van der Waals surface area (Å²) in [5.41, 5.74) is -1.31. The fourth-order valence-corrected chi connectivity index (χ4v) is 2.03. The van der Waals surface area contributed by atoms with Crippen molar-refractivity contribution in [2.75, 3.05) is 0 Å². The van der Waals surface area contributed by atoms with Gasteiger partial charge in [0.1, 0.15) is 5.69 Å². The molecular formula is C13H11F3N2O3. The van der Waals surface area contributed by atoms with Gasteiger partial charge < -0.3 is 0 Å². The van der Waals surface area contributed by atoms with E-state index in [2.05, 4.69) is 10.3 Å². The van der Waals surface area contributed by atoms with E-state index in [0.717, 1.165) is 6.20 Å². The van der Waals surface area contributed by atoms with Gasteiger partial charge >= 0.3 is 6.18 Å². The van der Waals surface area contributed by atoms with Crippen molar-refractivity contribution in [1.29, 1.82) is 0 Å². The van der Waals surface area contributed by atoms with Gasteiger partial charge in [-0.1, -0.05) is 0 Å². The summed E-state index contributed by atoms with van der Waals surface area (Å²) in [7, 11) is 0. The molecule has 1 aliphatic heterocycles. The number of imide groups is 1. The number of nitrogens with zero attached hydrogens (tertiary/aromatic N) is 1. The fourth-order valence-electron chi connectivity index (χ4n) is 2.03. The number of hydrogen-bond acceptors (Lipinski definition) is 4. The first kappa shape index (κ1) is 15.1. The number of hydrogen-bond donors (Lipinski definition) is 1. The number of alkyl halides is 3. The van der Waals surface area contributed by atoms with Crippen molar-refractivity contribution in [2.24, 2.45) is 5.92 Å². The number of carbonyl (C=O) groups is 3. The molecule has 1 aliphatic rings. The molecule has 1 aromatic rings. The Balaban J connectivity index is 2.10. The Hall–Kier alpha value is -2.25. The molecule has 8 heteroatoms. The quantitative estimate of drug-likeness (QED) is 0.681. The summed E-state index contributed by atoms with van der Waals surface area (Å²) in [6.45, 7) is 0. The van der Waals surface area contributed by atoms with Gasteiger partial charge in [-0.2, -0.15) is 13.2 Å². The molecule has 112 valence electrons. The molecule has 21 heavy (non-hydrogen) atoms. The summed E-state index contributed by atoms with van der Waals surface area (Å²) in [6.07, 6.45) is -3.63. The van der Waals surface area contributed by atoms with Crippen LogP contribution in [-0.2, 0) is 15.8 Å². The molecule has 1 atom stereocenters. The Morgan fingerprint density at radius 1 is 1.38 bits per heavy atom. The number of rotatable bonds is 3. The van der Waals surface area contributed by atoms with Crippen molar-refractivity contribution in [3.8, 4) is 0 Å². The Morgan fingerprint density at radius 2 is 2.10 bits per heavy atom. The minimum Gasteiger partial charge on any atom is -0.296 e. The lowest BCUT2D eigenvalue weighted by molar-refractivity contribution is -0.141. The third-order valence-corrected chi connectivity index (χ3v) is 3.16. The second-order valence-corrected chi connectivity index (χ2v) is 4.70. The van der Waals surface area contributed by atoms with Gasteiger partial charge in [-0.25, -0.2) is 0 Å². The maximum Gasteiger partial charge on any atom is 0.433 e. The van der Waals surface area contributed by atoms with Gasteiger partial charge in [0.15, 0.2) is 5.78 Å². The number of carbonyl (C=O) groups excluding carboxylic acids is 3. The molecule has 1 unspecified atom stereocenters. The number of pyridine rings is 1. The molecule has 1 fully saturated rings. The largest absolute Gasteiger partial charge is 0.433 e. The summed E-state index contributed by atoms with van der Waals surface area (Å²) in [4.78, 5) is 37.6. The highest BCUT2D eigenvalue weighted by Crippen LogP contribution is 2.28. The number of aromatic nitrogens is 1. The van der Waals surface area contributed by atoms with Crippen LogP contribution in [0.2, 0.25) is 0 Å². The number of halogens is 3. The van der Waals surface area contributed by atoms with Gasteiger partial charge in [0.05, 0.1) is 0 Å². The van der Waals surface area contributed by atoms with E-state index in [1.54, 1.807) is 0 Å². The van der Waals surface area contributed by atoms with Gasteiger partial charge in [0.25, 0.3) is 0 Å². The molecule has 1 aromatic heterocycles. The zero-order chi connectivity index (χ0) is 15.6. The summed E-state index contributed by atoms with van der Waals surface area (Å²) < 4.78 is 37.6. The second kappa shape index (κ2) is 5.63. The average Bonchev–Trinajstić information content (AvgIpc) is 2.41. The van der Waals surface area contributed by atoms with Crippen LogP contribution in [-0.4, -0.2) is 22.6 Å². The lowest BCUT2D eigenvalue weighted by atomic mass is 9.91. The van der Waals surface area contributed by atoms with Crippen molar-refractivity contribution in [1.82, 2.24) is 10.3 Å². The molecule has 0 radical (unpaired) electrons. The first-order valence-electron chi connectivity index (χ1n) is 6.17. The van der Waals surface area contributed by atoms with E-state index in [9.17, 15) is 27.6 Å². The van der Waals surface area contributed by atoms with Crippen LogP contribution in [0.1, 0.15) is 35.3 Å². The zero-order valence-electron chi connectivity index (χ0n) is 10.7. The van der Waals surface area contributed by atoms with Gasteiger partial charge in [0.2, 0.25) is 11.8 Å². The van der Waals surface area contributed by atoms with E-state index in [-0.39, 0.29) is 24.8 Å². The van der Waals surface area contributed by atoms with Gasteiger partial charge in [-0.05, 0) is 18.6 Å². The third kappa shape index (κ3) is 3.65. The van der Waals surface area contributed by atoms with Crippen molar-refractivity contribution < 1.29 is 27.6 Å². The van der Waals surface area contributed by atoms with Crippen molar-refractivity contribution in [2.45, 2.75) is 25.4 Å². The smallest absolute Gasteiger partial charge is 0.296 e. The van der Waals surface area contributed by atoms with Crippen LogP contribution in [0.4, 0.5) is 13.2 Å². The number of nitrogens with one attached hydrogen (secondary N) is 1. The van der Waals surface area contributed by atoms with Crippen LogP contribution in [0.15, 0.2) is 18.3 Å². The van der Waals surface area contributed by atoms with E-state index in [1.165, 1.54) is 6.07 Å². The van der Waals surface area contributed by atoms with Crippen LogP contribution < -0.4 is 5.32 Å². The number of amides is 2. The summed E-state index contributed by atoms with van der Waals surface area (Å²) in [5.74, 6) is -2.26. The van der Waals surface area contributed by atoms with E-state index in [4.69, 9.17) is 0 Å². The second-order valence-electron chi connectivity index (χ2n) is 4.70. The van der Waals surface area contributed by atoms with Gasteiger partial charge in [-0.3, -0.25) is 24.7 Å². The van der Waals surface area contributed by atoms with Crippen LogP contribution in [0.5, 0.6) is 0 Å². The number of Topliss-reactive ketones (excluding diaryl/α,β-unsaturated/α-hetero) is 1. The topological polar surface area (TPSA) is 76.1 Å². The molecular weight excluding hydrogens is 289 g/mol. The molecule has 0 bridgehead atoms. The molecule has 5 nitrogen and oxygen atoms in total. The van der Waals surface area contributed by atoms with Crippen molar-refractivity contribution in [3.05, 3.63) is 29.6 Å². The van der Waals surface area contributed by atoms with Crippen LogP contribution in [0.3, 0.4) is 0 Å². The van der Waals surface area contributed by atoms with Crippen LogP contribution >= 0.6 is 0 Å². The molecule has 2 heterocycles. The number of ketones is 1. The monoisotopic (exact) mass is 300 g/mol. The van der Waals surface area contributed by atoms with Crippen LogP contribution in [0, 0.1) is 5.92 Å². The normalized spacial score (nSPS) is 19.3. The summed E-state index contributed by atoms with van der Waals surface area (Å²) in [5, 5.41) is 2.10. The Labute approximate surface area is 117 Å². The lowest BCUT2D eigenvalue weighted by Gasteiger charge is -2.20. The molecule has 0 aromatic carbocycles. The van der Waals surface area contributed by atoms with E-state index < -0.39 is 35.4 Å².